The highest BCUT2D eigenvalue weighted by molar-refractivity contribution is 6.05. The molecule has 42 heavy (non-hydrogen) atoms. The van der Waals surface area contributed by atoms with Crippen molar-refractivity contribution < 1.29 is 23.9 Å². The number of benzene rings is 3. The molecule has 4 N–H and O–H groups in total. The zero-order chi connectivity index (χ0) is 29.6. The average molecular weight is 569 g/mol. The fraction of sp³-hybridized carbons (Fsp3) is 0.258. The maximum Gasteiger partial charge on any atom is 0.319 e. The van der Waals surface area contributed by atoms with Crippen molar-refractivity contribution in [3.63, 3.8) is 0 Å². The Morgan fingerprint density at radius 3 is 2.52 bits per heavy atom. The first-order chi connectivity index (χ1) is 20.3. The zero-order valence-electron chi connectivity index (χ0n) is 23.2. The molecule has 0 aliphatic carbocycles. The number of fused-ring (bicyclic) bond motifs is 1. The van der Waals surface area contributed by atoms with Crippen LogP contribution in [0.5, 0.6) is 5.75 Å². The fourth-order valence-electron chi connectivity index (χ4n) is 5.13. The minimum atomic E-state index is -0.661. The minimum absolute atomic E-state index is 0.207. The number of urea groups is 1. The van der Waals surface area contributed by atoms with E-state index in [4.69, 9.17) is 4.74 Å². The number of carbonyl (C=O) groups excluding carboxylic acids is 4. The summed E-state index contributed by atoms with van der Waals surface area (Å²) in [4.78, 5) is 54.5. The van der Waals surface area contributed by atoms with Gasteiger partial charge >= 0.3 is 6.03 Å². The van der Waals surface area contributed by atoms with Crippen LogP contribution in [-0.2, 0) is 35.8 Å². The lowest BCUT2D eigenvalue weighted by Gasteiger charge is -2.29. The smallest absolute Gasteiger partial charge is 0.319 e. The molecule has 11 nitrogen and oxygen atoms in total. The van der Waals surface area contributed by atoms with Gasteiger partial charge in [-0.3, -0.25) is 24.7 Å². The number of hydrogen-bond acceptors (Lipinski definition) is 7. The molecule has 3 aromatic carbocycles. The summed E-state index contributed by atoms with van der Waals surface area (Å²) in [5, 5.41) is 11.3. The number of methoxy groups -OCH3 is 1. The predicted octanol–water partition coefficient (Wildman–Crippen LogP) is 3.59. The molecule has 0 spiro atoms. The molecule has 0 saturated carbocycles. The summed E-state index contributed by atoms with van der Waals surface area (Å²) in [6, 6.07) is 17.7. The first kappa shape index (κ1) is 28.3. The third-order valence-electron chi connectivity index (χ3n) is 7.31. The Kier molecular flexibility index (Phi) is 8.47. The zero-order valence-corrected chi connectivity index (χ0v) is 23.2. The number of nitrogens with one attached hydrogen (secondary N) is 4. The Morgan fingerprint density at radius 1 is 1.02 bits per heavy atom. The number of rotatable bonds is 10. The maximum atomic E-state index is 12.9. The van der Waals surface area contributed by atoms with Crippen LogP contribution in [0, 0.1) is 0 Å². The van der Waals surface area contributed by atoms with Gasteiger partial charge in [-0.2, -0.15) is 0 Å². The number of imide groups is 1. The van der Waals surface area contributed by atoms with E-state index >= 15 is 0 Å². The molecule has 2 aliphatic rings. The molecule has 1 fully saturated rings. The lowest BCUT2D eigenvalue weighted by molar-refractivity contribution is -0.136. The van der Waals surface area contributed by atoms with Gasteiger partial charge in [-0.1, -0.05) is 24.3 Å². The van der Waals surface area contributed by atoms with E-state index in [0.29, 0.717) is 30.8 Å². The van der Waals surface area contributed by atoms with E-state index in [1.165, 1.54) is 4.90 Å². The van der Waals surface area contributed by atoms with Crippen LogP contribution in [-0.4, -0.2) is 48.5 Å². The molecule has 0 bridgehead atoms. The van der Waals surface area contributed by atoms with E-state index < -0.39 is 11.9 Å². The number of hydrogen-bond donors (Lipinski definition) is 4. The van der Waals surface area contributed by atoms with E-state index in [9.17, 15) is 19.2 Å². The topological polar surface area (TPSA) is 141 Å². The van der Waals surface area contributed by atoms with Crippen molar-refractivity contribution in [1.82, 2.24) is 15.5 Å². The first-order valence-electron chi connectivity index (χ1n) is 13.6. The third kappa shape index (κ3) is 6.41. The van der Waals surface area contributed by atoms with Crippen molar-refractivity contribution in [3.8, 4) is 5.75 Å². The van der Waals surface area contributed by atoms with Crippen molar-refractivity contribution in [2.24, 2.45) is 4.99 Å². The second-order valence-electron chi connectivity index (χ2n) is 10.2. The van der Waals surface area contributed by atoms with E-state index in [2.05, 4.69) is 33.0 Å². The van der Waals surface area contributed by atoms with Gasteiger partial charge in [0.1, 0.15) is 11.8 Å². The monoisotopic (exact) mass is 568 g/mol. The van der Waals surface area contributed by atoms with Gasteiger partial charge in [0.15, 0.2) is 0 Å². The van der Waals surface area contributed by atoms with Crippen LogP contribution in [0.2, 0.25) is 0 Å². The molecule has 2 heterocycles. The van der Waals surface area contributed by atoms with Crippen LogP contribution in [0.3, 0.4) is 0 Å². The van der Waals surface area contributed by atoms with E-state index in [1.807, 2.05) is 48.5 Å². The average Bonchev–Trinajstić information content (AvgIpc) is 3.31. The SMILES string of the molecule is C=NCc1ccc(CNc2ccc(NC(=O)NCc3ccc4c(c3)CN(C3CCC(=O)NC3=O)C4=O)cc2)c(OC)c1. The highest BCUT2D eigenvalue weighted by Crippen LogP contribution is 2.28. The van der Waals surface area contributed by atoms with Crippen molar-refractivity contribution in [3.05, 3.63) is 88.5 Å². The normalized spacial score (nSPS) is 16.0. The molecule has 1 atom stereocenters. The summed E-state index contributed by atoms with van der Waals surface area (Å²) < 4.78 is 5.50. The number of nitrogens with zero attached hydrogens (tertiary/aromatic N) is 2. The Bertz CT molecular complexity index is 1540. The third-order valence-corrected chi connectivity index (χ3v) is 7.31. The number of amides is 5. The van der Waals surface area contributed by atoms with Gasteiger partial charge in [-0.15, -0.1) is 0 Å². The molecular weight excluding hydrogens is 536 g/mol. The van der Waals surface area contributed by atoms with Crippen LogP contribution in [0.4, 0.5) is 16.2 Å². The fourth-order valence-corrected chi connectivity index (χ4v) is 5.13. The molecular formula is C31H32N6O5. The number of ether oxygens (including phenoxy) is 1. The van der Waals surface area contributed by atoms with Crippen LogP contribution < -0.4 is 26.0 Å². The van der Waals surface area contributed by atoms with Crippen molar-refractivity contribution in [2.45, 2.75) is 45.1 Å². The molecule has 2 aliphatic heterocycles. The number of piperidine rings is 1. The Labute approximate surface area is 243 Å². The summed E-state index contributed by atoms with van der Waals surface area (Å²) in [6.07, 6.45) is 0.520. The molecule has 5 amide bonds. The van der Waals surface area contributed by atoms with Gasteiger partial charge in [0, 0.05) is 48.6 Å². The Hall–Kier alpha value is -5.19. The summed E-state index contributed by atoms with van der Waals surface area (Å²) in [5.41, 5.74) is 5.70. The second-order valence-corrected chi connectivity index (χ2v) is 10.2. The predicted molar refractivity (Wildman–Crippen MR) is 158 cm³/mol. The lowest BCUT2D eigenvalue weighted by Crippen LogP contribution is -2.52. The van der Waals surface area contributed by atoms with Gasteiger partial charge in [-0.05, 0) is 66.2 Å². The quantitative estimate of drug-likeness (QED) is 0.218. The van der Waals surface area contributed by atoms with E-state index in [0.717, 1.165) is 33.7 Å². The first-order valence-corrected chi connectivity index (χ1v) is 13.6. The lowest BCUT2D eigenvalue weighted by atomic mass is 10.0. The molecule has 0 radical (unpaired) electrons. The maximum absolute atomic E-state index is 12.9. The van der Waals surface area contributed by atoms with Crippen LogP contribution >= 0.6 is 0 Å². The number of anilines is 2. The summed E-state index contributed by atoms with van der Waals surface area (Å²) >= 11 is 0. The summed E-state index contributed by atoms with van der Waals surface area (Å²) in [7, 11) is 1.64. The van der Waals surface area contributed by atoms with Gasteiger partial charge in [0.25, 0.3) is 5.91 Å². The summed E-state index contributed by atoms with van der Waals surface area (Å²) in [5.74, 6) is -0.212. The summed E-state index contributed by atoms with van der Waals surface area (Å²) in [6.45, 7) is 5.17. The molecule has 1 unspecified atom stereocenters. The minimum Gasteiger partial charge on any atom is -0.496 e. The molecule has 0 aromatic heterocycles. The molecule has 216 valence electrons. The largest absolute Gasteiger partial charge is 0.496 e. The highest BCUT2D eigenvalue weighted by atomic mass is 16.5. The Balaban J connectivity index is 1.11. The molecule has 11 heteroatoms. The van der Waals surface area contributed by atoms with Gasteiger partial charge < -0.3 is 25.6 Å². The van der Waals surface area contributed by atoms with E-state index in [1.54, 1.807) is 19.2 Å². The van der Waals surface area contributed by atoms with Gasteiger partial charge in [-0.25, -0.2) is 4.79 Å². The standard InChI is InChI=1S/C31H32N6O5/c1-32-15-20-3-5-21(27(14-20)42-2)17-33-23-6-8-24(9-7-23)35-31(41)34-16-19-4-10-25-22(13-19)18-37(30(25)40)26-11-12-28(38)36-29(26)39/h3-10,13-14,26,33H,1,11-12,15-18H2,2H3,(H2,34,35,41)(H,36,38,39). The number of carbonyl (C=O) groups is 4. The van der Waals surface area contributed by atoms with Crippen LogP contribution in [0.1, 0.15) is 45.5 Å². The van der Waals surface area contributed by atoms with Gasteiger partial charge in [0.2, 0.25) is 11.8 Å². The molecule has 3 aromatic rings. The van der Waals surface area contributed by atoms with Crippen molar-refractivity contribution in [1.29, 1.82) is 0 Å². The van der Waals surface area contributed by atoms with Crippen molar-refractivity contribution >= 4 is 41.8 Å². The van der Waals surface area contributed by atoms with Crippen molar-refractivity contribution in [2.75, 3.05) is 17.7 Å². The molecule has 5 rings (SSSR count). The van der Waals surface area contributed by atoms with Crippen LogP contribution in [0.25, 0.3) is 0 Å². The number of aliphatic imine (C=N–C) groups is 1. The highest BCUT2D eigenvalue weighted by Gasteiger charge is 2.39. The van der Waals surface area contributed by atoms with E-state index in [-0.39, 0.29) is 37.4 Å². The second kappa shape index (κ2) is 12.5. The van der Waals surface area contributed by atoms with Crippen LogP contribution in [0.15, 0.2) is 65.7 Å². The molecule has 1 saturated heterocycles. The Morgan fingerprint density at radius 2 is 1.79 bits per heavy atom. The van der Waals surface area contributed by atoms with Gasteiger partial charge in [0.05, 0.1) is 13.7 Å².